The van der Waals surface area contributed by atoms with Crippen LogP contribution in [0, 0.1) is 20.8 Å². The molecule has 0 aliphatic heterocycles. The fourth-order valence-electron chi connectivity index (χ4n) is 4.21. The van der Waals surface area contributed by atoms with E-state index in [1.54, 1.807) is 49.4 Å². The van der Waals surface area contributed by atoms with Crippen LogP contribution in [0.5, 0.6) is 5.75 Å². The number of aryl methyl sites for hydroxylation is 3. The van der Waals surface area contributed by atoms with Gasteiger partial charge in [-0.1, -0.05) is 41.9 Å². The maximum absolute atomic E-state index is 14.2. The van der Waals surface area contributed by atoms with Gasteiger partial charge in [0.15, 0.2) is 5.65 Å². The highest BCUT2D eigenvalue weighted by atomic mass is 35.5. The summed E-state index contributed by atoms with van der Waals surface area (Å²) in [6.07, 6.45) is -4.59. The van der Waals surface area contributed by atoms with Crippen molar-refractivity contribution in [2.45, 2.75) is 33.6 Å². The van der Waals surface area contributed by atoms with Crippen molar-refractivity contribution in [3.63, 3.8) is 0 Å². The van der Waals surface area contributed by atoms with E-state index in [9.17, 15) is 13.2 Å². The molecule has 0 unspecified atom stereocenters. The third-order valence-electron chi connectivity index (χ3n) is 6.32. The summed E-state index contributed by atoms with van der Waals surface area (Å²) < 4.78 is 49.8. The Hall–Kier alpha value is -3.84. The molecule has 5 rings (SSSR count). The summed E-state index contributed by atoms with van der Waals surface area (Å²) in [6, 6.07) is 21.1. The molecule has 2 heterocycles. The molecule has 0 bridgehead atoms. The summed E-state index contributed by atoms with van der Waals surface area (Å²) in [5.74, 6) is 0.610. The van der Waals surface area contributed by atoms with Gasteiger partial charge in [0.1, 0.15) is 12.4 Å². The number of rotatable bonds is 5. The first-order valence-corrected chi connectivity index (χ1v) is 12.0. The highest BCUT2D eigenvalue weighted by Gasteiger charge is 2.36. The molecule has 0 radical (unpaired) electrons. The molecule has 0 spiro atoms. The van der Waals surface area contributed by atoms with E-state index in [4.69, 9.17) is 16.3 Å². The average molecular weight is 522 g/mol. The van der Waals surface area contributed by atoms with Gasteiger partial charge < -0.3 is 4.74 Å². The number of aromatic nitrogens is 3. The SMILES string of the molecule is Cc1ccc(-n2nc(C)c3c(C(F)(F)F)cc(-c4ccc(OCc5ccccc5C)cc4)nc32)cc1Cl. The van der Waals surface area contributed by atoms with Crippen LogP contribution in [0.3, 0.4) is 0 Å². The van der Waals surface area contributed by atoms with Gasteiger partial charge in [0, 0.05) is 10.6 Å². The van der Waals surface area contributed by atoms with E-state index in [2.05, 4.69) is 10.1 Å². The van der Waals surface area contributed by atoms with Crippen molar-refractivity contribution in [1.29, 1.82) is 0 Å². The summed E-state index contributed by atoms with van der Waals surface area (Å²) in [4.78, 5) is 4.62. The molecule has 3 aromatic carbocycles. The molecule has 5 aromatic rings. The van der Waals surface area contributed by atoms with Crippen LogP contribution in [-0.4, -0.2) is 14.8 Å². The lowest BCUT2D eigenvalue weighted by atomic mass is 10.0. The zero-order chi connectivity index (χ0) is 26.3. The van der Waals surface area contributed by atoms with Crippen molar-refractivity contribution in [2.75, 3.05) is 0 Å². The minimum atomic E-state index is -4.59. The minimum Gasteiger partial charge on any atom is -0.489 e. The van der Waals surface area contributed by atoms with Gasteiger partial charge in [0.2, 0.25) is 0 Å². The molecule has 4 nitrogen and oxygen atoms in total. The number of ether oxygens (including phenoxy) is 1. The second-order valence-electron chi connectivity index (χ2n) is 8.92. The molecule has 0 saturated carbocycles. The number of alkyl halides is 3. The summed E-state index contributed by atoms with van der Waals surface area (Å²) in [6.45, 7) is 5.81. The molecular weight excluding hydrogens is 499 g/mol. The van der Waals surface area contributed by atoms with Gasteiger partial charge in [-0.25, -0.2) is 9.67 Å². The van der Waals surface area contributed by atoms with Crippen LogP contribution in [0.25, 0.3) is 28.0 Å². The predicted octanol–water partition coefficient (Wildman–Crippen LogP) is 8.26. The zero-order valence-corrected chi connectivity index (χ0v) is 21.2. The summed E-state index contributed by atoms with van der Waals surface area (Å²) in [5, 5.41) is 4.85. The van der Waals surface area contributed by atoms with Gasteiger partial charge in [0.25, 0.3) is 0 Å². The predicted molar refractivity (Wildman–Crippen MR) is 139 cm³/mol. The maximum atomic E-state index is 14.2. The molecule has 0 saturated heterocycles. The van der Waals surface area contributed by atoms with Crippen LogP contribution >= 0.6 is 11.6 Å². The largest absolute Gasteiger partial charge is 0.489 e. The van der Waals surface area contributed by atoms with E-state index in [1.165, 1.54) is 4.68 Å². The Labute approximate surface area is 217 Å². The molecule has 37 heavy (non-hydrogen) atoms. The number of nitrogens with zero attached hydrogens (tertiary/aromatic N) is 3. The lowest BCUT2D eigenvalue weighted by Gasteiger charge is -2.13. The van der Waals surface area contributed by atoms with Gasteiger partial charge in [-0.3, -0.25) is 0 Å². The third-order valence-corrected chi connectivity index (χ3v) is 6.73. The topological polar surface area (TPSA) is 39.9 Å². The number of halogens is 4. The molecule has 0 N–H and O–H groups in total. The lowest BCUT2D eigenvalue weighted by Crippen LogP contribution is -2.08. The fraction of sp³-hybridized carbons (Fsp3) is 0.172. The minimum absolute atomic E-state index is 0.0360. The number of hydrogen-bond donors (Lipinski definition) is 0. The quantitative estimate of drug-likeness (QED) is 0.234. The van der Waals surface area contributed by atoms with Crippen LogP contribution in [0.2, 0.25) is 5.02 Å². The first-order chi connectivity index (χ1) is 17.6. The van der Waals surface area contributed by atoms with E-state index < -0.39 is 11.7 Å². The Kier molecular flexibility index (Phi) is 6.42. The Morgan fingerprint density at radius 1 is 0.892 bits per heavy atom. The van der Waals surface area contributed by atoms with Crippen molar-refractivity contribution in [3.05, 3.63) is 106 Å². The second kappa shape index (κ2) is 9.56. The first-order valence-electron chi connectivity index (χ1n) is 11.6. The highest BCUT2D eigenvalue weighted by molar-refractivity contribution is 6.31. The summed E-state index contributed by atoms with van der Waals surface area (Å²) in [5.41, 5.74) is 3.85. The molecular formula is C29H23ClF3N3O. The van der Waals surface area contributed by atoms with Gasteiger partial charge >= 0.3 is 6.18 Å². The maximum Gasteiger partial charge on any atom is 0.417 e. The van der Waals surface area contributed by atoms with Crippen molar-refractivity contribution < 1.29 is 17.9 Å². The average Bonchev–Trinajstić information content (AvgIpc) is 3.20. The Bertz CT molecular complexity index is 1610. The van der Waals surface area contributed by atoms with E-state index in [0.29, 0.717) is 28.6 Å². The molecule has 188 valence electrons. The van der Waals surface area contributed by atoms with Gasteiger partial charge in [-0.2, -0.15) is 18.3 Å². The molecule has 0 atom stereocenters. The first kappa shape index (κ1) is 24.8. The number of benzene rings is 3. The third kappa shape index (κ3) is 4.91. The van der Waals surface area contributed by atoms with E-state index >= 15 is 0 Å². The molecule has 8 heteroatoms. The van der Waals surface area contributed by atoms with Crippen LogP contribution in [0.1, 0.15) is 27.9 Å². The number of pyridine rings is 1. The Balaban J connectivity index is 1.56. The zero-order valence-electron chi connectivity index (χ0n) is 20.4. The van der Waals surface area contributed by atoms with Crippen LogP contribution in [0.15, 0.2) is 72.8 Å². The monoisotopic (exact) mass is 521 g/mol. The Morgan fingerprint density at radius 3 is 2.30 bits per heavy atom. The van der Waals surface area contributed by atoms with Crippen molar-refractivity contribution in [3.8, 4) is 22.7 Å². The van der Waals surface area contributed by atoms with Gasteiger partial charge in [0.05, 0.1) is 28.0 Å². The molecule has 0 amide bonds. The summed E-state index contributed by atoms with van der Waals surface area (Å²) >= 11 is 6.29. The van der Waals surface area contributed by atoms with E-state index in [0.717, 1.165) is 22.8 Å². The lowest BCUT2D eigenvalue weighted by molar-refractivity contribution is -0.136. The molecule has 0 fully saturated rings. The van der Waals surface area contributed by atoms with Crippen molar-refractivity contribution >= 4 is 22.6 Å². The van der Waals surface area contributed by atoms with E-state index in [-0.39, 0.29) is 22.4 Å². The van der Waals surface area contributed by atoms with Crippen LogP contribution in [0.4, 0.5) is 13.2 Å². The summed E-state index contributed by atoms with van der Waals surface area (Å²) in [7, 11) is 0. The second-order valence-corrected chi connectivity index (χ2v) is 9.33. The van der Waals surface area contributed by atoms with Crippen LogP contribution in [-0.2, 0) is 12.8 Å². The van der Waals surface area contributed by atoms with Gasteiger partial charge in [-0.15, -0.1) is 0 Å². The van der Waals surface area contributed by atoms with Crippen LogP contribution < -0.4 is 4.74 Å². The Morgan fingerprint density at radius 2 is 1.62 bits per heavy atom. The van der Waals surface area contributed by atoms with Gasteiger partial charge in [-0.05, 0) is 79.9 Å². The number of fused-ring (bicyclic) bond motifs is 1. The molecule has 0 aliphatic carbocycles. The smallest absolute Gasteiger partial charge is 0.417 e. The molecule has 0 aliphatic rings. The number of hydrogen-bond acceptors (Lipinski definition) is 3. The fourth-order valence-corrected chi connectivity index (χ4v) is 4.38. The highest BCUT2D eigenvalue weighted by Crippen LogP contribution is 2.39. The van der Waals surface area contributed by atoms with Crippen molar-refractivity contribution in [1.82, 2.24) is 14.8 Å². The standard InChI is InChI=1S/C29H23ClF3N3O/c1-17-6-4-5-7-21(17)16-37-23-12-9-20(10-13-23)26-15-24(29(31,32)33)27-19(3)35-36(28(27)34-26)22-11-8-18(2)25(30)14-22/h4-15H,16H2,1-3H3. The van der Waals surface area contributed by atoms with E-state index in [1.807, 2.05) is 38.1 Å². The van der Waals surface area contributed by atoms with Crippen molar-refractivity contribution in [2.24, 2.45) is 0 Å². The normalized spacial score (nSPS) is 11.8. The molecule has 2 aromatic heterocycles.